The Balaban J connectivity index is 1.87. The largest absolute Gasteiger partial charge is 0.392 e. The number of hydrogen-bond donors (Lipinski definition) is 3. The fourth-order valence-corrected chi connectivity index (χ4v) is 3.46. The summed E-state index contributed by atoms with van der Waals surface area (Å²) in [6.45, 7) is 1.96. The van der Waals surface area contributed by atoms with Crippen molar-refractivity contribution in [3.05, 3.63) is 47.7 Å². The minimum absolute atomic E-state index is 0.295. The third kappa shape index (κ3) is 3.46. The molecule has 4 aromatic rings. The number of nitrogens with two attached hydrogens (primary N) is 1. The SMILES string of the molecule is C[C@H](O)CNc1nc(N)cc(-c2c(-c3ccc(F)cc3)nc3sccn23)n1. The van der Waals surface area contributed by atoms with E-state index < -0.39 is 6.10 Å². The smallest absolute Gasteiger partial charge is 0.225 e. The van der Waals surface area contributed by atoms with Crippen LogP contribution in [0.5, 0.6) is 0 Å². The first-order valence-corrected chi connectivity index (χ1v) is 9.17. The lowest BCUT2D eigenvalue weighted by Gasteiger charge is -2.10. The van der Waals surface area contributed by atoms with Crippen molar-refractivity contribution >= 4 is 28.1 Å². The van der Waals surface area contributed by atoms with Crippen LogP contribution in [-0.2, 0) is 0 Å². The summed E-state index contributed by atoms with van der Waals surface area (Å²) in [4.78, 5) is 14.2. The summed E-state index contributed by atoms with van der Waals surface area (Å²) in [6.07, 6.45) is 1.35. The molecule has 0 saturated heterocycles. The Bertz CT molecular complexity index is 1090. The molecule has 1 aromatic carbocycles. The van der Waals surface area contributed by atoms with Crippen LogP contribution in [-0.4, -0.2) is 37.1 Å². The maximum atomic E-state index is 13.3. The number of rotatable bonds is 5. The number of hydrogen-bond acceptors (Lipinski definition) is 7. The second kappa shape index (κ2) is 6.93. The molecular weight excluding hydrogens is 367 g/mol. The molecule has 3 aromatic heterocycles. The average molecular weight is 384 g/mol. The van der Waals surface area contributed by atoms with Crippen LogP contribution in [0, 0.1) is 5.82 Å². The number of nitrogen functional groups attached to an aromatic ring is 1. The van der Waals surface area contributed by atoms with E-state index in [1.165, 1.54) is 23.5 Å². The predicted molar refractivity (Wildman–Crippen MR) is 104 cm³/mol. The van der Waals surface area contributed by atoms with Crippen molar-refractivity contribution in [3.8, 4) is 22.6 Å². The first kappa shape index (κ1) is 17.4. The van der Waals surface area contributed by atoms with Crippen LogP contribution < -0.4 is 11.1 Å². The maximum Gasteiger partial charge on any atom is 0.225 e. The van der Waals surface area contributed by atoms with E-state index in [9.17, 15) is 9.50 Å². The van der Waals surface area contributed by atoms with Gasteiger partial charge in [-0.05, 0) is 31.2 Å². The van der Waals surface area contributed by atoms with Crippen LogP contribution in [0.15, 0.2) is 41.9 Å². The molecule has 0 radical (unpaired) electrons. The van der Waals surface area contributed by atoms with Crippen molar-refractivity contribution in [2.75, 3.05) is 17.6 Å². The van der Waals surface area contributed by atoms with Crippen LogP contribution in [0.1, 0.15) is 6.92 Å². The van der Waals surface area contributed by atoms with Crippen molar-refractivity contribution in [2.24, 2.45) is 0 Å². The van der Waals surface area contributed by atoms with Gasteiger partial charge in [-0.2, -0.15) is 4.98 Å². The molecule has 0 aliphatic heterocycles. The molecule has 0 spiro atoms. The van der Waals surface area contributed by atoms with Gasteiger partial charge in [0.15, 0.2) is 4.96 Å². The zero-order valence-electron chi connectivity index (χ0n) is 14.4. The molecule has 1 atom stereocenters. The Morgan fingerprint density at radius 1 is 1.26 bits per heavy atom. The first-order chi connectivity index (χ1) is 13.0. The van der Waals surface area contributed by atoms with E-state index in [0.717, 1.165) is 16.2 Å². The van der Waals surface area contributed by atoms with E-state index in [-0.39, 0.29) is 5.82 Å². The maximum absolute atomic E-state index is 13.3. The molecule has 9 heteroatoms. The van der Waals surface area contributed by atoms with E-state index >= 15 is 0 Å². The second-order valence-electron chi connectivity index (χ2n) is 6.10. The highest BCUT2D eigenvalue weighted by molar-refractivity contribution is 7.15. The van der Waals surface area contributed by atoms with E-state index in [2.05, 4.69) is 20.3 Å². The molecule has 138 valence electrons. The topological polar surface area (TPSA) is 101 Å². The second-order valence-corrected chi connectivity index (χ2v) is 6.98. The Morgan fingerprint density at radius 3 is 2.78 bits per heavy atom. The highest BCUT2D eigenvalue weighted by atomic mass is 32.1. The van der Waals surface area contributed by atoms with Crippen LogP contribution in [0.4, 0.5) is 16.2 Å². The number of imidazole rings is 1. The number of nitrogens with one attached hydrogen (secondary N) is 1. The van der Waals surface area contributed by atoms with E-state index in [4.69, 9.17) is 5.73 Å². The first-order valence-electron chi connectivity index (χ1n) is 8.29. The van der Waals surface area contributed by atoms with Crippen molar-refractivity contribution in [2.45, 2.75) is 13.0 Å². The van der Waals surface area contributed by atoms with Crippen molar-refractivity contribution in [3.63, 3.8) is 0 Å². The normalized spacial score (nSPS) is 12.4. The number of thiazole rings is 1. The third-order valence-electron chi connectivity index (χ3n) is 3.92. The minimum atomic E-state index is -0.549. The molecule has 0 bridgehead atoms. The summed E-state index contributed by atoms with van der Waals surface area (Å²) >= 11 is 1.49. The summed E-state index contributed by atoms with van der Waals surface area (Å²) < 4.78 is 15.3. The Morgan fingerprint density at radius 2 is 2.04 bits per heavy atom. The van der Waals surface area contributed by atoms with E-state index in [0.29, 0.717) is 29.7 Å². The summed E-state index contributed by atoms with van der Waals surface area (Å²) in [5.41, 5.74) is 8.75. The quantitative estimate of drug-likeness (QED) is 0.489. The lowest BCUT2D eigenvalue weighted by molar-refractivity contribution is 0.208. The van der Waals surface area contributed by atoms with Gasteiger partial charge < -0.3 is 16.2 Å². The summed E-state index contributed by atoms with van der Waals surface area (Å²) in [5.74, 6) is 0.307. The fourth-order valence-electron chi connectivity index (χ4n) is 2.74. The zero-order valence-corrected chi connectivity index (χ0v) is 15.2. The molecule has 4 N–H and O–H groups in total. The summed E-state index contributed by atoms with van der Waals surface area (Å²) in [5, 5.41) is 14.4. The van der Waals surface area contributed by atoms with Crippen LogP contribution in [0.3, 0.4) is 0 Å². The zero-order chi connectivity index (χ0) is 19.0. The molecular formula is C18H17FN6OS. The average Bonchev–Trinajstić information content (AvgIpc) is 3.21. The number of aromatic nitrogens is 4. The molecule has 0 aliphatic rings. The van der Waals surface area contributed by atoms with Gasteiger partial charge in [-0.15, -0.1) is 11.3 Å². The molecule has 0 aliphatic carbocycles. The number of halogens is 1. The van der Waals surface area contributed by atoms with Gasteiger partial charge in [-0.1, -0.05) is 0 Å². The van der Waals surface area contributed by atoms with E-state index in [1.54, 1.807) is 25.1 Å². The van der Waals surface area contributed by atoms with Gasteiger partial charge in [-0.3, -0.25) is 4.40 Å². The summed E-state index contributed by atoms with van der Waals surface area (Å²) in [6, 6.07) is 7.83. The van der Waals surface area contributed by atoms with Crippen molar-refractivity contribution < 1.29 is 9.50 Å². The molecule has 0 saturated carbocycles. The van der Waals surface area contributed by atoms with E-state index in [1.807, 2.05) is 16.0 Å². The van der Waals surface area contributed by atoms with Crippen LogP contribution >= 0.6 is 11.3 Å². The molecule has 7 nitrogen and oxygen atoms in total. The number of anilines is 2. The third-order valence-corrected chi connectivity index (χ3v) is 4.68. The Hall–Kier alpha value is -3.04. The summed E-state index contributed by atoms with van der Waals surface area (Å²) in [7, 11) is 0. The van der Waals surface area contributed by atoms with Gasteiger partial charge in [0, 0.05) is 29.8 Å². The standard InChI is InChI=1S/C18H17FN6OS/c1-10(26)9-21-17-22-13(8-14(20)23-17)16-15(11-2-4-12(19)5-3-11)24-18-25(16)6-7-27-18/h2-8,10,26H,9H2,1H3,(H3,20,21,22,23)/t10-/m0/s1. The molecule has 4 rings (SSSR count). The molecule has 3 heterocycles. The lowest BCUT2D eigenvalue weighted by atomic mass is 10.1. The predicted octanol–water partition coefficient (Wildman–Crippen LogP) is 3.03. The monoisotopic (exact) mass is 384 g/mol. The fraction of sp³-hybridized carbons (Fsp3) is 0.167. The van der Waals surface area contributed by atoms with Gasteiger partial charge in [0.1, 0.15) is 17.3 Å². The number of aliphatic hydroxyl groups excluding tert-OH is 1. The number of nitrogens with zero attached hydrogens (tertiary/aromatic N) is 4. The Kier molecular flexibility index (Phi) is 4.46. The highest BCUT2D eigenvalue weighted by Gasteiger charge is 2.19. The van der Waals surface area contributed by atoms with Gasteiger partial charge in [0.25, 0.3) is 0 Å². The van der Waals surface area contributed by atoms with Gasteiger partial charge >= 0.3 is 0 Å². The molecule has 0 unspecified atom stereocenters. The lowest BCUT2D eigenvalue weighted by Crippen LogP contribution is -2.17. The highest BCUT2D eigenvalue weighted by Crippen LogP contribution is 2.34. The number of aliphatic hydroxyl groups is 1. The van der Waals surface area contributed by atoms with Crippen LogP contribution in [0.2, 0.25) is 0 Å². The number of fused-ring (bicyclic) bond motifs is 1. The van der Waals surface area contributed by atoms with Crippen molar-refractivity contribution in [1.82, 2.24) is 19.4 Å². The number of benzene rings is 1. The molecule has 27 heavy (non-hydrogen) atoms. The molecule has 0 amide bonds. The Labute approximate surface area is 158 Å². The van der Waals surface area contributed by atoms with Gasteiger partial charge in [0.05, 0.1) is 17.5 Å². The van der Waals surface area contributed by atoms with Crippen LogP contribution in [0.25, 0.3) is 27.6 Å². The minimum Gasteiger partial charge on any atom is -0.392 e. The van der Waals surface area contributed by atoms with Gasteiger partial charge in [-0.25, -0.2) is 14.4 Å². The van der Waals surface area contributed by atoms with Crippen molar-refractivity contribution in [1.29, 1.82) is 0 Å². The molecule has 0 fully saturated rings. The van der Waals surface area contributed by atoms with Gasteiger partial charge in [0.2, 0.25) is 5.95 Å².